The smallest absolute Gasteiger partial charge is 0.220 e. The topological polar surface area (TPSA) is 307 Å². The predicted octanol–water partition coefficient (Wildman–Crippen LogP) is 14.1. The number of hydrogen-bond donors (Lipinski definition) is 12. The molecule has 12 N–H and O–H groups in total. The van der Waals surface area contributed by atoms with Gasteiger partial charge in [0, 0.05) is 6.42 Å². The molecule has 0 aromatic rings. The molecule has 100 heavy (non-hydrogen) atoms. The molecular weight excluding hydrogens is 1270 g/mol. The molecule has 19 nitrogen and oxygen atoms in total. The SMILES string of the molecule is CCCCCCCCCC/C=C\CCCCCCCCCCCCCCCCCCCCCCCCCC(=O)NC(COC1OC(CO)C(OC2OC(CO)C(OC3OC(CO)C(O)C(O)C3O)C(O)C2O)C(O)C1O)C(O)/C=C/CCCCCCCCCCCCCCCCCCCC. The Morgan fingerprint density at radius 3 is 0.970 bits per heavy atom. The Morgan fingerprint density at radius 2 is 0.630 bits per heavy atom. The fourth-order valence-electron chi connectivity index (χ4n) is 14.3. The molecule has 3 aliphatic heterocycles. The molecule has 0 aromatic heterocycles. The number of ether oxygens (including phenoxy) is 6. The average Bonchev–Trinajstić information content (AvgIpc) is 0.783. The molecule has 0 spiro atoms. The number of aliphatic hydroxyl groups excluding tert-OH is 11. The maximum Gasteiger partial charge on any atom is 0.220 e. The largest absolute Gasteiger partial charge is 0.394 e. The molecule has 0 bridgehead atoms. The molecule has 0 saturated carbocycles. The highest BCUT2D eigenvalue weighted by atomic mass is 16.8. The zero-order valence-corrected chi connectivity index (χ0v) is 63.2. The van der Waals surface area contributed by atoms with Gasteiger partial charge >= 0.3 is 0 Å². The standard InChI is InChI=1S/C81H153NO18/c1-3-5-7-9-11-13-15-17-19-21-23-25-26-27-28-29-30-31-32-33-34-35-36-37-38-39-41-43-45-47-49-51-53-55-57-59-69(87)82-64(65(86)58-56-54-52-50-48-46-44-42-40-24-22-20-18-16-14-12-10-8-6-4-2)63-95-79-75(93)72(90)77(67(61-84)97-79)100-81-76(94)73(91)78(68(62-85)98-81)99-80-74(92)71(89)70(88)66(60-83)96-80/h21,23,56,58,64-68,70-81,83-86,88-94H,3-20,22,24-55,57,59-63H2,1-2H3,(H,82,87)/b23-21-,58-56+. The first-order valence-corrected chi connectivity index (χ1v) is 41.6. The molecule has 0 radical (unpaired) electrons. The van der Waals surface area contributed by atoms with Crippen LogP contribution in [-0.4, -0.2) is 193 Å². The van der Waals surface area contributed by atoms with E-state index in [1.54, 1.807) is 6.08 Å². The molecule has 3 fully saturated rings. The first-order valence-electron chi connectivity index (χ1n) is 41.6. The molecule has 19 heteroatoms. The van der Waals surface area contributed by atoms with E-state index in [2.05, 4.69) is 31.3 Å². The molecule has 3 heterocycles. The summed E-state index contributed by atoms with van der Waals surface area (Å²) in [6.07, 6.45) is 48.9. The number of nitrogens with one attached hydrogen (secondary N) is 1. The number of hydrogen-bond acceptors (Lipinski definition) is 18. The monoisotopic (exact) mass is 1430 g/mol. The van der Waals surface area contributed by atoms with Gasteiger partial charge < -0.3 is 89.9 Å². The minimum atomic E-state index is -1.98. The number of allylic oxidation sites excluding steroid dienone is 3. The Kier molecular flexibility index (Phi) is 57.6. The van der Waals surface area contributed by atoms with Crippen molar-refractivity contribution in [1.82, 2.24) is 5.32 Å². The Hall–Kier alpha value is -1.73. The third kappa shape index (κ3) is 42.0. The van der Waals surface area contributed by atoms with Gasteiger partial charge in [-0.3, -0.25) is 4.79 Å². The fourth-order valence-corrected chi connectivity index (χ4v) is 14.3. The number of carbonyl (C=O) groups excluding carboxylic acids is 1. The van der Waals surface area contributed by atoms with Crippen molar-refractivity contribution >= 4 is 5.91 Å². The lowest BCUT2D eigenvalue weighted by Gasteiger charge is -2.48. The Morgan fingerprint density at radius 1 is 0.350 bits per heavy atom. The van der Waals surface area contributed by atoms with E-state index in [9.17, 15) is 61.0 Å². The van der Waals surface area contributed by atoms with E-state index in [1.807, 2.05) is 6.08 Å². The maximum absolute atomic E-state index is 13.5. The molecule has 0 aromatic carbocycles. The predicted molar refractivity (Wildman–Crippen MR) is 397 cm³/mol. The van der Waals surface area contributed by atoms with Crippen LogP contribution in [0, 0.1) is 0 Å². The highest BCUT2D eigenvalue weighted by Crippen LogP contribution is 2.33. The van der Waals surface area contributed by atoms with E-state index in [-0.39, 0.29) is 18.9 Å². The van der Waals surface area contributed by atoms with Gasteiger partial charge in [-0.05, 0) is 44.9 Å². The fraction of sp³-hybridized carbons (Fsp3) is 0.938. The van der Waals surface area contributed by atoms with Gasteiger partial charge in [0.15, 0.2) is 18.9 Å². The average molecular weight is 1430 g/mol. The van der Waals surface area contributed by atoms with Gasteiger partial charge in [-0.1, -0.05) is 327 Å². The molecule has 3 rings (SSSR count). The Labute approximate surface area is 607 Å². The third-order valence-corrected chi connectivity index (χ3v) is 21.0. The van der Waals surface area contributed by atoms with E-state index in [0.717, 1.165) is 44.9 Å². The van der Waals surface area contributed by atoms with Gasteiger partial charge in [-0.2, -0.15) is 0 Å². The van der Waals surface area contributed by atoms with Crippen molar-refractivity contribution in [3.05, 3.63) is 24.3 Å². The zero-order chi connectivity index (χ0) is 72.5. The molecular formula is C81H153NO18. The van der Waals surface area contributed by atoms with Crippen LogP contribution in [0.1, 0.15) is 354 Å². The highest BCUT2D eigenvalue weighted by Gasteiger charge is 2.54. The molecule has 3 aliphatic rings. The molecule has 1 amide bonds. The van der Waals surface area contributed by atoms with Crippen LogP contribution in [0.15, 0.2) is 24.3 Å². The molecule has 17 atom stereocenters. The summed E-state index contributed by atoms with van der Waals surface area (Å²) in [5.41, 5.74) is 0. The quantitative estimate of drug-likeness (QED) is 0.0199. The van der Waals surface area contributed by atoms with E-state index in [1.165, 1.54) is 283 Å². The van der Waals surface area contributed by atoms with Crippen LogP contribution in [0.25, 0.3) is 0 Å². The minimum absolute atomic E-state index is 0.249. The number of rotatable bonds is 67. The summed E-state index contributed by atoms with van der Waals surface area (Å²) in [4.78, 5) is 13.5. The number of carbonyl (C=O) groups is 1. The van der Waals surface area contributed by atoms with Crippen LogP contribution >= 0.6 is 0 Å². The van der Waals surface area contributed by atoms with E-state index in [0.29, 0.717) is 6.42 Å². The number of unbranched alkanes of at least 4 members (excludes halogenated alkanes) is 49. The molecule has 3 saturated heterocycles. The van der Waals surface area contributed by atoms with Crippen LogP contribution in [0.2, 0.25) is 0 Å². The minimum Gasteiger partial charge on any atom is -0.394 e. The molecule has 17 unspecified atom stereocenters. The van der Waals surface area contributed by atoms with E-state index < -0.39 is 124 Å². The number of amides is 1. The first kappa shape index (κ1) is 92.5. The van der Waals surface area contributed by atoms with E-state index >= 15 is 0 Å². The van der Waals surface area contributed by atoms with Crippen molar-refractivity contribution in [2.45, 2.75) is 458 Å². The van der Waals surface area contributed by atoms with Crippen molar-refractivity contribution in [1.29, 1.82) is 0 Å². The summed E-state index contributed by atoms with van der Waals surface area (Å²) in [5.74, 6) is -0.267. The summed E-state index contributed by atoms with van der Waals surface area (Å²) >= 11 is 0. The molecule has 0 aliphatic carbocycles. The van der Waals surface area contributed by atoms with Gasteiger partial charge in [-0.15, -0.1) is 0 Å². The second-order valence-electron chi connectivity index (χ2n) is 29.9. The van der Waals surface area contributed by atoms with Crippen molar-refractivity contribution in [3.63, 3.8) is 0 Å². The molecule has 590 valence electrons. The first-order chi connectivity index (χ1) is 48.8. The van der Waals surface area contributed by atoms with Crippen LogP contribution in [0.4, 0.5) is 0 Å². The van der Waals surface area contributed by atoms with Crippen LogP contribution in [0.5, 0.6) is 0 Å². The summed E-state index contributed by atoms with van der Waals surface area (Å²) in [5, 5.41) is 121. The summed E-state index contributed by atoms with van der Waals surface area (Å²) in [7, 11) is 0. The summed E-state index contributed by atoms with van der Waals surface area (Å²) in [6.45, 7) is 1.79. The van der Waals surface area contributed by atoms with Gasteiger partial charge in [0.1, 0.15) is 73.2 Å². The van der Waals surface area contributed by atoms with Crippen molar-refractivity contribution in [2.75, 3.05) is 26.4 Å². The number of aliphatic hydroxyl groups is 11. The Bertz CT molecular complexity index is 1900. The second kappa shape index (κ2) is 62.3. The van der Waals surface area contributed by atoms with Crippen molar-refractivity contribution < 1.29 is 89.4 Å². The lowest BCUT2D eigenvalue weighted by molar-refractivity contribution is -0.379. The van der Waals surface area contributed by atoms with Crippen molar-refractivity contribution in [3.8, 4) is 0 Å². The second-order valence-corrected chi connectivity index (χ2v) is 29.9. The summed E-state index contributed by atoms with van der Waals surface area (Å²) < 4.78 is 34.5. The van der Waals surface area contributed by atoms with Crippen molar-refractivity contribution in [2.24, 2.45) is 0 Å². The van der Waals surface area contributed by atoms with Crippen LogP contribution in [0.3, 0.4) is 0 Å². The normalized spacial score (nSPS) is 26.5. The van der Waals surface area contributed by atoms with Gasteiger partial charge in [0.05, 0.1) is 38.6 Å². The van der Waals surface area contributed by atoms with Gasteiger partial charge in [-0.25, -0.2) is 0 Å². The summed E-state index contributed by atoms with van der Waals surface area (Å²) in [6, 6.07) is -0.971. The zero-order valence-electron chi connectivity index (χ0n) is 63.2. The maximum atomic E-state index is 13.5. The third-order valence-electron chi connectivity index (χ3n) is 21.0. The van der Waals surface area contributed by atoms with Gasteiger partial charge in [0.25, 0.3) is 0 Å². The lowest BCUT2D eigenvalue weighted by Crippen LogP contribution is -2.66. The van der Waals surface area contributed by atoms with Gasteiger partial charge in [0.2, 0.25) is 5.91 Å². The van der Waals surface area contributed by atoms with Crippen LogP contribution in [-0.2, 0) is 33.2 Å². The lowest BCUT2D eigenvalue weighted by atomic mass is 9.96. The highest BCUT2D eigenvalue weighted by molar-refractivity contribution is 5.76. The van der Waals surface area contributed by atoms with E-state index in [4.69, 9.17) is 28.4 Å². The van der Waals surface area contributed by atoms with Crippen LogP contribution < -0.4 is 5.32 Å². The Balaban J connectivity index is 1.33.